The first-order chi connectivity index (χ1) is 18.2. The van der Waals surface area contributed by atoms with Gasteiger partial charge in [0.05, 0.1) is 24.1 Å². The zero-order valence-corrected chi connectivity index (χ0v) is 23.2. The zero-order chi connectivity index (χ0) is 27.0. The Balaban J connectivity index is 1.64. The van der Waals surface area contributed by atoms with Crippen LogP contribution in [0.2, 0.25) is 5.02 Å². The maximum Gasteiger partial charge on any atom is 0.308 e. The standard InChI is InChI=1S/C26H24ClN5O4S2/c1-15-21(14-28-38(34,35)19-7-5-4-6-8-19)37-26-23(15)24(17-9-11-18(27)12-10-17)29-20(13-22(33)36-3)25-31-30-16(2)32(25)26/h4-12,20,28H,13-14H2,1-3H3/t20-/m0/s1. The number of nitrogens with one attached hydrogen (secondary N) is 1. The van der Waals surface area contributed by atoms with Crippen LogP contribution in [0.5, 0.6) is 0 Å². The molecule has 1 atom stereocenters. The molecule has 0 bridgehead atoms. The van der Waals surface area contributed by atoms with E-state index in [0.29, 0.717) is 22.4 Å². The van der Waals surface area contributed by atoms with E-state index in [4.69, 9.17) is 21.3 Å². The van der Waals surface area contributed by atoms with Crippen LogP contribution in [0.15, 0.2) is 64.5 Å². The lowest BCUT2D eigenvalue weighted by Crippen LogP contribution is -2.23. The number of thiophene rings is 1. The van der Waals surface area contributed by atoms with Gasteiger partial charge in [-0.3, -0.25) is 14.4 Å². The molecular formula is C26H24ClN5O4S2. The molecule has 0 spiro atoms. The molecule has 2 aromatic carbocycles. The molecule has 4 aromatic rings. The van der Waals surface area contributed by atoms with Gasteiger partial charge in [-0.15, -0.1) is 21.5 Å². The van der Waals surface area contributed by atoms with E-state index in [1.165, 1.54) is 18.4 Å². The Morgan fingerprint density at radius 3 is 2.50 bits per heavy atom. The third-order valence-electron chi connectivity index (χ3n) is 6.28. The van der Waals surface area contributed by atoms with Gasteiger partial charge in [-0.25, -0.2) is 13.1 Å². The van der Waals surface area contributed by atoms with Gasteiger partial charge >= 0.3 is 5.97 Å². The second kappa shape index (κ2) is 10.4. The van der Waals surface area contributed by atoms with Crippen molar-refractivity contribution in [1.82, 2.24) is 19.5 Å². The Labute approximate surface area is 229 Å². The largest absolute Gasteiger partial charge is 0.469 e. The quantitative estimate of drug-likeness (QED) is 0.327. The second-order valence-electron chi connectivity index (χ2n) is 8.69. The number of aliphatic imine (C=N–C) groups is 1. The molecule has 196 valence electrons. The molecular weight excluding hydrogens is 546 g/mol. The number of esters is 1. The van der Waals surface area contributed by atoms with Crippen molar-refractivity contribution in [2.75, 3.05) is 7.11 Å². The van der Waals surface area contributed by atoms with E-state index in [0.717, 1.165) is 26.6 Å². The van der Waals surface area contributed by atoms with Crippen molar-refractivity contribution in [3.63, 3.8) is 0 Å². The molecule has 9 nitrogen and oxygen atoms in total. The molecule has 5 rings (SSSR count). The van der Waals surface area contributed by atoms with Gasteiger partial charge in [0.2, 0.25) is 10.0 Å². The van der Waals surface area contributed by atoms with Crippen LogP contribution in [0, 0.1) is 13.8 Å². The molecule has 0 unspecified atom stereocenters. The van der Waals surface area contributed by atoms with Crippen molar-refractivity contribution in [1.29, 1.82) is 0 Å². The molecule has 38 heavy (non-hydrogen) atoms. The number of sulfonamides is 1. The molecule has 2 aromatic heterocycles. The fourth-order valence-corrected chi connectivity index (χ4v) is 6.86. The lowest BCUT2D eigenvalue weighted by Gasteiger charge is -2.12. The van der Waals surface area contributed by atoms with E-state index in [-0.39, 0.29) is 17.9 Å². The molecule has 1 aliphatic heterocycles. The molecule has 3 heterocycles. The summed E-state index contributed by atoms with van der Waals surface area (Å²) in [4.78, 5) is 18.3. The Morgan fingerprint density at radius 2 is 1.82 bits per heavy atom. The van der Waals surface area contributed by atoms with Crippen LogP contribution < -0.4 is 4.72 Å². The number of fused-ring (bicyclic) bond motifs is 3. The van der Waals surface area contributed by atoms with Gasteiger partial charge in [0.25, 0.3) is 0 Å². The van der Waals surface area contributed by atoms with E-state index in [1.807, 2.05) is 30.5 Å². The number of rotatable bonds is 7. The van der Waals surface area contributed by atoms with Crippen molar-refractivity contribution in [2.24, 2.45) is 4.99 Å². The van der Waals surface area contributed by atoms with Crippen molar-refractivity contribution in [3.8, 4) is 5.00 Å². The number of aromatic nitrogens is 3. The number of ether oxygens (including phenoxy) is 1. The topological polar surface area (TPSA) is 116 Å². The average Bonchev–Trinajstić information content (AvgIpc) is 3.41. The first-order valence-corrected chi connectivity index (χ1v) is 14.4. The van der Waals surface area contributed by atoms with Gasteiger partial charge in [-0.1, -0.05) is 41.9 Å². The summed E-state index contributed by atoms with van der Waals surface area (Å²) in [5.74, 6) is 0.719. The number of carbonyl (C=O) groups excluding carboxylic acids is 1. The summed E-state index contributed by atoms with van der Waals surface area (Å²) >= 11 is 7.59. The van der Waals surface area contributed by atoms with Crippen LogP contribution in [0.25, 0.3) is 5.00 Å². The lowest BCUT2D eigenvalue weighted by molar-refractivity contribution is -0.141. The SMILES string of the molecule is COC(=O)C[C@@H]1N=C(c2ccc(Cl)cc2)c2c(sc(CNS(=O)(=O)c3ccccc3)c2C)-n2c(C)nnc21. The minimum Gasteiger partial charge on any atom is -0.469 e. The molecule has 12 heteroatoms. The Bertz CT molecular complexity index is 1640. The molecule has 0 radical (unpaired) electrons. The smallest absolute Gasteiger partial charge is 0.308 e. The number of methoxy groups -OCH3 is 1. The summed E-state index contributed by atoms with van der Waals surface area (Å²) in [6.45, 7) is 3.86. The molecule has 0 fully saturated rings. The molecule has 0 saturated carbocycles. The third-order valence-corrected chi connectivity index (χ3v) is 9.23. The van der Waals surface area contributed by atoms with Crippen LogP contribution in [0.1, 0.15) is 45.7 Å². The minimum absolute atomic E-state index is 0.0105. The van der Waals surface area contributed by atoms with Crippen LogP contribution in [-0.2, 0) is 26.1 Å². The van der Waals surface area contributed by atoms with Crippen molar-refractivity contribution in [3.05, 3.63) is 92.8 Å². The summed E-state index contributed by atoms with van der Waals surface area (Å²) in [5, 5.41) is 10.0. The van der Waals surface area contributed by atoms with E-state index in [1.54, 1.807) is 42.5 Å². The molecule has 1 N–H and O–H groups in total. The number of aryl methyl sites for hydroxylation is 1. The highest BCUT2D eigenvalue weighted by Crippen LogP contribution is 2.40. The summed E-state index contributed by atoms with van der Waals surface area (Å²) in [6, 6.07) is 14.9. The minimum atomic E-state index is -3.71. The Hall–Kier alpha value is -3.38. The van der Waals surface area contributed by atoms with Gasteiger partial charge in [-0.2, -0.15) is 0 Å². The summed E-state index contributed by atoms with van der Waals surface area (Å²) in [6.07, 6.45) is -0.0105. The maximum absolute atomic E-state index is 12.9. The normalized spacial score (nSPS) is 14.8. The predicted molar refractivity (Wildman–Crippen MR) is 146 cm³/mol. The number of carbonyl (C=O) groups is 1. The summed E-state index contributed by atoms with van der Waals surface area (Å²) in [7, 11) is -2.37. The number of halogens is 1. The molecule has 0 aliphatic carbocycles. The number of benzene rings is 2. The number of hydrogen-bond donors (Lipinski definition) is 1. The van der Waals surface area contributed by atoms with E-state index < -0.39 is 22.0 Å². The lowest BCUT2D eigenvalue weighted by atomic mass is 9.99. The Kier molecular flexibility index (Phi) is 7.19. The molecule has 0 amide bonds. The second-order valence-corrected chi connectivity index (χ2v) is 12.0. The van der Waals surface area contributed by atoms with Gasteiger partial charge < -0.3 is 4.74 Å². The average molecular weight is 570 g/mol. The highest BCUT2D eigenvalue weighted by molar-refractivity contribution is 7.89. The fraction of sp³-hybridized carbons (Fsp3) is 0.231. The summed E-state index contributed by atoms with van der Waals surface area (Å²) < 4.78 is 35.3. The highest BCUT2D eigenvalue weighted by atomic mass is 35.5. The van der Waals surface area contributed by atoms with Crippen LogP contribution in [0.3, 0.4) is 0 Å². The summed E-state index contributed by atoms with van der Waals surface area (Å²) in [5.41, 5.74) is 3.15. The maximum atomic E-state index is 12.9. The van der Waals surface area contributed by atoms with Gasteiger partial charge in [-0.05, 0) is 43.7 Å². The number of nitrogens with zero attached hydrogens (tertiary/aromatic N) is 4. The van der Waals surface area contributed by atoms with Gasteiger partial charge in [0.1, 0.15) is 16.9 Å². The van der Waals surface area contributed by atoms with Gasteiger partial charge in [0, 0.05) is 27.6 Å². The molecule has 0 saturated heterocycles. The number of hydrogen-bond acceptors (Lipinski definition) is 8. The first-order valence-electron chi connectivity index (χ1n) is 11.7. The Morgan fingerprint density at radius 1 is 1.11 bits per heavy atom. The fourth-order valence-electron chi connectivity index (χ4n) is 4.32. The van der Waals surface area contributed by atoms with Crippen molar-refractivity contribution >= 4 is 44.6 Å². The van der Waals surface area contributed by atoms with Crippen LogP contribution >= 0.6 is 22.9 Å². The van der Waals surface area contributed by atoms with Crippen LogP contribution in [0.4, 0.5) is 0 Å². The predicted octanol–water partition coefficient (Wildman–Crippen LogP) is 4.53. The van der Waals surface area contributed by atoms with Crippen molar-refractivity contribution < 1.29 is 17.9 Å². The van der Waals surface area contributed by atoms with E-state index in [2.05, 4.69) is 14.9 Å². The van der Waals surface area contributed by atoms with E-state index in [9.17, 15) is 13.2 Å². The van der Waals surface area contributed by atoms with Gasteiger partial charge in [0.15, 0.2) is 5.82 Å². The van der Waals surface area contributed by atoms with E-state index >= 15 is 0 Å². The zero-order valence-electron chi connectivity index (χ0n) is 20.8. The van der Waals surface area contributed by atoms with Crippen LogP contribution in [-0.4, -0.2) is 42.0 Å². The third kappa shape index (κ3) is 4.90. The molecule has 1 aliphatic rings. The van der Waals surface area contributed by atoms with Crippen molar-refractivity contribution in [2.45, 2.75) is 37.8 Å². The monoisotopic (exact) mass is 569 g/mol. The first kappa shape index (κ1) is 26.2. The highest BCUT2D eigenvalue weighted by Gasteiger charge is 2.33.